The lowest BCUT2D eigenvalue weighted by molar-refractivity contribution is -0.133. The van der Waals surface area contributed by atoms with Crippen LogP contribution in [0, 0.1) is 0 Å². The van der Waals surface area contributed by atoms with Crippen LogP contribution in [0.1, 0.15) is 12.8 Å². The number of halogens is 1. The third-order valence-corrected chi connectivity index (χ3v) is 3.03. The zero-order valence-corrected chi connectivity index (χ0v) is 10.6. The van der Waals surface area contributed by atoms with E-state index in [1.807, 2.05) is 0 Å². The van der Waals surface area contributed by atoms with E-state index in [0.29, 0.717) is 23.6 Å². The van der Waals surface area contributed by atoms with E-state index in [-0.39, 0.29) is 11.8 Å². The molecule has 0 aromatic heterocycles. The molecule has 0 spiro atoms. The normalized spacial score (nSPS) is 19.3. The second-order valence-corrected chi connectivity index (χ2v) is 4.40. The molecule has 1 aromatic rings. The van der Waals surface area contributed by atoms with Crippen molar-refractivity contribution in [1.82, 2.24) is 5.32 Å². The fourth-order valence-electron chi connectivity index (χ4n) is 1.79. The molecule has 0 saturated carbocycles. The first-order valence-electron chi connectivity index (χ1n) is 5.54. The Morgan fingerprint density at radius 3 is 2.83 bits per heavy atom. The largest absolute Gasteiger partial charge is 0.495 e. The zero-order valence-electron chi connectivity index (χ0n) is 9.83. The van der Waals surface area contributed by atoms with Crippen molar-refractivity contribution in [3.63, 3.8) is 0 Å². The highest BCUT2D eigenvalue weighted by molar-refractivity contribution is 6.32. The molecule has 0 radical (unpaired) electrons. The molecule has 1 aromatic carbocycles. The van der Waals surface area contributed by atoms with Crippen molar-refractivity contribution < 1.29 is 14.3 Å². The quantitative estimate of drug-likeness (QED) is 0.817. The molecule has 6 heteroatoms. The van der Waals surface area contributed by atoms with Crippen LogP contribution in [-0.2, 0) is 9.59 Å². The van der Waals surface area contributed by atoms with Gasteiger partial charge in [-0.1, -0.05) is 11.6 Å². The fraction of sp³-hybridized carbons (Fsp3) is 0.333. The number of anilines is 1. The van der Waals surface area contributed by atoms with Gasteiger partial charge in [0.15, 0.2) is 0 Å². The molecule has 1 heterocycles. The highest BCUT2D eigenvalue weighted by atomic mass is 35.5. The van der Waals surface area contributed by atoms with E-state index in [2.05, 4.69) is 10.6 Å². The first-order valence-corrected chi connectivity index (χ1v) is 5.91. The van der Waals surface area contributed by atoms with Gasteiger partial charge in [0.25, 0.3) is 0 Å². The summed E-state index contributed by atoms with van der Waals surface area (Å²) in [6, 6.07) is 4.77. The number of amides is 2. The Labute approximate surface area is 109 Å². The number of carbonyl (C=O) groups excluding carboxylic acids is 2. The van der Waals surface area contributed by atoms with E-state index in [9.17, 15) is 9.59 Å². The third-order valence-electron chi connectivity index (χ3n) is 2.73. The first kappa shape index (κ1) is 12.7. The Bertz CT molecular complexity index is 490. The molecule has 96 valence electrons. The lowest BCUT2D eigenvalue weighted by atomic mass is 10.1. The van der Waals surface area contributed by atoms with Crippen molar-refractivity contribution in [2.24, 2.45) is 0 Å². The summed E-state index contributed by atoms with van der Waals surface area (Å²) in [7, 11) is 1.54. The van der Waals surface area contributed by atoms with Gasteiger partial charge in [-0.25, -0.2) is 0 Å². The Morgan fingerprint density at radius 2 is 2.22 bits per heavy atom. The molecule has 1 atom stereocenters. The van der Waals surface area contributed by atoms with Crippen LogP contribution in [0.5, 0.6) is 5.75 Å². The molecule has 2 rings (SSSR count). The van der Waals surface area contributed by atoms with Crippen LogP contribution < -0.4 is 15.4 Å². The number of hydrogen-bond acceptors (Lipinski definition) is 4. The van der Waals surface area contributed by atoms with Crippen molar-refractivity contribution in [3.05, 3.63) is 23.2 Å². The van der Waals surface area contributed by atoms with Crippen molar-refractivity contribution in [3.8, 4) is 5.75 Å². The van der Waals surface area contributed by atoms with Crippen molar-refractivity contribution in [1.29, 1.82) is 0 Å². The van der Waals surface area contributed by atoms with Gasteiger partial charge in [-0.05, 0) is 24.6 Å². The van der Waals surface area contributed by atoms with Crippen LogP contribution in [0.3, 0.4) is 0 Å². The topological polar surface area (TPSA) is 67.4 Å². The van der Waals surface area contributed by atoms with Crippen LogP contribution in [0.4, 0.5) is 5.69 Å². The van der Waals surface area contributed by atoms with E-state index in [4.69, 9.17) is 16.3 Å². The van der Waals surface area contributed by atoms with Crippen LogP contribution in [0.25, 0.3) is 0 Å². The number of imide groups is 1. The average Bonchev–Trinajstić information content (AvgIpc) is 2.33. The Balaban J connectivity index is 2.07. The Morgan fingerprint density at radius 1 is 1.44 bits per heavy atom. The van der Waals surface area contributed by atoms with E-state index >= 15 is 0 Å². The van der Waals surface area contributed by atoms with Gasteiger partial charge in [-0.15, -0.1) is 0 Å². The molecule has 5 nitrogen and oxygen atoms in total. The summed E-state index contributed by atoms with van der Waals surface area (Å²) in [5.74, 6) is 0.0366. The summed E-state index contributed by atoms with van der Waals surface area (Å²) in [6.45, 7) is 0. The van der Waals surface area contributed by atoms with E-state index in [1.54, 1.807) is 18.2 Å². The summed E-state index contributed by atoms with van der Waals surface area (Å²) < 4.78 is 5.04. The second kappa shape index (κ2) is 5.27. The minimum Gasteiger partial charge on any atom is -0.495 e. The molecule has 2 N–H and O–H groups in total. The monoisotopic (exact) mass is 268 g/mol. The molecule has 1 aliphatic heterocycles. The van der Waals surface area contributed by atoms with Crippen molar-refractivity contribution in [2.75, 3.05) is 12.4 Å². The highest BCUT2D eigenvalue weighted by Gasteiger charge is 2.26. The van der Waals surface area contributed by atoms with Crippen molar-refractivity contribution >= 4 is 29.1 Å². The van der Waals surface area contributed by atoms with E-state index < -0.39 is 6.04 Å². The molecule has 18 heavy (non-hydrogen) atoms. The standard InChI is InChI=1S/C12H13ClN2O3/c1-18-10-4-2-7(6-8(10)13)14-9-3-5-11(16)15-12(9)17/h2,4,6,9,14H,3,5H2,1H3,(H,15,16,17). The summed E-state index contributed by atoms with van der Waals surface area (Å²) in [4.78, 5) is 22.6. The fourth-order valence-corrected chi connectivity index (χ4v) is 2.05. The minimum absolute atomic E-state index is 0.231. The smallest absolute Gasteiger partial charge is 0.249 e. The molecule has 2 amide bonds. The number of piperidine rings is 1. The summed E-state index contributed by atoms with van der Waals surface area (Å²) >= 11 is 5.99. The lowest BCUT2D eigenvalue weighted by Crippen LogP contribution is -2.47. The molecular formula is C12H13ClN2O3. The van der Waals surface area contributed by atoms with Crippen LogP contribution >= 0.6 is 11.6 Å². The number of benzene rings is 1. The highest BCUT2D eigenvalue weighted by Crippen LogP contribution is 2.27. The number of rotatable bonds is 3. The van der Waals surface area contributed by atoms with Gasteiger partial charge in [-0.3, -0.25) is 14.9 Å². The summed E-state index contributed by atoms with van der Waals surface area (Å²) in [5.41, 5.74) is 0.718. The Kier molecular flexibility index (Phi) is 3.72. The molecule has 1 aliphatic rings. The maximum atomic E-state index is 11.6. The van der Waals surface area contributed by atoms with Gasteiger partial charge in [0.05, 0.1) is 12.1 Å². The summed E-state index contributed by atoms with van der Waals surface area (Å²) in [5, 5.41) is 5.80. The number of methoxy groups -OCH3 is 1. The van der Waals surface area contributed by atoms with Gasteiger partial charge in [0.2, 0.25) is 11.8 Å². The van der Waals surface area contributed by atoms with Gasteiger partial charge in [0, 0.05) is 12.1 Å². The molecule has 1 fully saturated rings. The number of ether oxygens (including phenoxy) is 1. The van der Waals surface area contributed by atoms with Gasteiger partial charge in [-0.2, -0.15) is 0 Å². The predicted molar refractivity (Wildman–Crippen MR) is 67.8 cm³/mol. The van der Waals surface area contributed by atoms with Gasteiger partial charge >= 0.3 is 0 Å². The maximum Gasteiger partial charge on any atom is 0.249 e. The predicted octanol–water partition coefficient (Wildman–Crippen LogP) is 1.57. The molecule has 1 saturated heterocycles. The molecule has 0 bridgehead atoms. The van der Waals surface area contributed by atoms with E-state index in [0.717, 1.165) is 5.69 Å². The van der Waals surface area contributed by atoms with Crippen LogP contribution in [0.15, 0.2) is 18.2 Å². The third kappa shape index (κ3) is 2.73. The number of hydrogen-bond donors (Lipinski definition) is 2. The van der Waals surface area contributed by atoms with Crippen molar-refractivity contribution in [2.45, 2.75) is 18.9 Å². The molecular weight excluding hydrogens is 256 g/mol. The zero-order chi connectivity index (χ0) is 13.1. The SMILES string of the molecule is COc1ccc(NC2CCC(=O)NC2=O)cc1Cl. The lowest BCUT2D eigenvalue weighted by Gasteiger charge is -2.23. The first-order chi connectivity index (χ1) is 8.60. The van der Waals surface area contributed by atoms with Gasteiger partial charge in [0.1, 0.15) is 11.8 Å². The van der Waals surface area contributed by atoms with Gasteiger partial charge < -0.3 is 10.1 Å². The second-order valence-electron chi connectivity index (χ2n) is 4.00. The number of nitrogens with one attached hydrogen (secondary N) is 2. The maximum absolute atomic E-state index is 11.6. The Hall–Kier alpha value is -1.75. The van der Waals surface area contributed by atoms with Crippen LogP contribution in [-0.4, -0.2) is 25.0 Å². The molecule has 1 unspecified atom stereocenters. The molecule has 0 aliphatic carbocycles. The van der Waals surface area contributed by atoms with E-state index in [1.165, 1.54) is 7.11 Å². The summed E-state index contributed by atoms with van der Waals surface area (Å²) in [6.07, 6.45) is 0.821. The van der Waals surface area contributed by atoms with Crippen LogP contribution in [0.2, 0.25) is 5.02 Å². The number of carbonyl (C=O) groups is 2. The minimum atomic E-state index is -0.410. The average molecular weight is 269 g/mol.